The Bertz CT molecular complexity index is 598. The van der Waals surface area contributed by atoms with Crippen molar-refractivity contribution in [1.82, 2.24) is 10.3 Å². The summed E-state index contributed by atoms with van der Waals surface area (Å²) in [6, 6.07) is 11.6. The van der Waals surface area contributed by atoms with E-state index in [4.69, 9.17) is 5.73 Å². The van der Waals surface area contributed by atoms with Crippen LogP contribution in [0.1, 0.15) is 11.1 Å². The Morgan fingerprint density at radius 3 is 2.71 bits per heavy atom. The lowest BCUT2D eigenvalue weighted by Crippen LogP contribution is -2.30. The SMILES string of the molecule is Cc1cc(N)cnc1NCCNC(=O)Cc1ccccc1. The first-order valence-electron chi connectivity index (χ1n) is 6.92. The van der Waals surface area contributed by atoms with Crippen LogP contribution in [0.5, 0.6) is 0 Å². The van der Waals surface area contributed by atoms with Gasteiger partial charge in [0.1, 0.15) is 5.82 Å². The third-order valence-electron chi connectivity index (χ3n) is 3.05. The van der Waals surface area contributed by atoms with Crippen LogP contribution >= 0.6 is 0 Å². The predicted molar refractivity (Wildman–Crippen MR) is 85.0 cm³/mol. The maximum Gasteiger partial charge on any atom is 0.224 e. The van der Waals surface area contributed by atoms with Crippen LogP contribution in [0, 0.1) is 6.92 Å². The lowest BCUT2D eigenvalue weighted by molar-refractivity contribution is -0.120. The molecule has 1 heterocycles. The number of rotatable bonds is 6. The molecular formula is C16H20N4O. The Morgan fingerprint density at radius 2 is 2.00 bits per heavy atom. The van der Waals surface area contributed by atoms with Gasteiger partial charge >= 0.3 is 0 Å². The molecule has 0 bridgehead atoms. The fourth-order valence-electron chi connectivity index (χ4n) is 2.01. The minimum atomic E-state index is 0.0185. The normalized spacial score (nSPS) is 10.1. The lowest BCUT2D eigenvalue weighted by atomic mass is 10.1. The van der Waals surface area contributed by atoms with E-state index in [9.17, 15) is 4.79 Å². The molecule has 1 amide bonds. The van der Waals surface area contributed by atoms with Gasteiger partial charge in [-0.15, -0.1) is 0 Å². The average Bonchev–Trinajstić information content (AvgIpc) is 2.46. The van der Waals surface area contributed by atoms with Crippen LogP contribution in [0.25, 0.3) is 0 Å². The summed E-state index contributed by atoms with van der Waals surface area (Å²) in [6.07, 6.45) is 2.02. The Morgan fingerprint density at radius 1 is 1.24 bits per heavy atom. The van der Waals surface area contributed by atoms with Crippen LogP contribution in [0.3, 0.4) is 0 Å². The van der Waals surface area contributed by atoms with Crippen LogP contribution in [0.15, 0.2) is 42.6 Å². The first kappa shape index (κ1) is 14.8. The number of anilines is 2. The molecule has 1 aromatic heterocycles. The standard InChI is InChI=1S/C16H20N4O/c1-12-9-14(17)11-20-16(12)19-8-7-18-15(21)10-13-5-3-2-4-6-13/h2-6,9,11H,7-8,10,17H2,1H3,(H,18,21)(H,19,20). The molecule has 110 valence electrons. The molecule has 0 aliphatic heterocycles. The molecule has 5 nitrogen and oxygen atoms in total. The minimum Gasteiger partial charge on any atom is -0.397 e. The summed E-state index contributed by atoms with van der Waals surface area (Å²) in [5.41, 5.74) is 8.30. The van der Waals surface area contributed by atoms with Gasteiger partial charge in [-0.25, -0.2) is 4.98 Å². The highest BCUT2D eigenvalue weighted by atomic mass is 16.1. The van der Waals surface area contributed by atoms with Gasteiger partial charge in [0.05, 0.1) is 18.3 Å². The topological polar surface area (TPSA) is 80.0 Å². The summed E-state index contributed by atoms with van der Waals surface area (Å²) < 4.78 is 0. The third kappa shape index (κ3) is 4.80. The number of carbonyl (C=O) groups is 1. The van der Waals surface area contributed by atoms with E-state index in [1.54, 1.807) is 6.20 Å². The number of aromatic nitrogens is 1. The molecule has 0 spiro atoms. The number of nitrogens with two attached hydrogens (primary N) is 1. The molecule has 0 saturated heterocycles. The summed E-state index contributed by atoms with van der Waals surface area (Å²) in [4.78, 5) is 16.0. The van der Waals surface area contributed by atoms with Crippen LogP contribution < -0.4 is 16.4 Å². The van der Waals surface area contributed by atoms with Crippen LogP contribution in [0.2, 0.25) is 0 Å². The van der Waals surface area contributed by atoms with E-state index in [2.05, 4.69) is 15.6 Å². The fraction of sp³-hybridized carbons (Fsp3) is 0.250. The molecule has 1 aromatic carbocycles. The molecule has 0 fully saturated rings. The molecule has 0 atom stereocenters. The first-order valence-corrected chi connectivity index (χ1v) is 6.92. The Kier molecular flexibility index (Phi) is 5.15. The summed E-state index contributed by atoms with van der Waals surface area (Å²) in [6.45, 7) is 3.12. The second-order valence-electron chi connectivity index (χ2n) is 4.87. The maximum absolute atomic E-state index is 11.8. The van der Waals surface area contributed by atoms with Crippen molar-refractivity contribution in [3.05, 3.63) is 53.7 Å². The molecule has 4 N–H and O–H groups in total. The molecule has 0 aliphatic rings. The highest BCUT2D eigenvalue weighted by Gasteiger charge is 2.03. The average molecular weight is 284 g/mol. The zero-order valence-electron chi connectivity index (χ0n) is 12.1. The van der Waals surface area contributed by atoms with Gasteiger partial charge in [-0.1, -0.05) is 30.3 Å². The van der Waals surface area contributed by atoms with Crippen molar-refractivity contribution in [2.24, 2.45) is 0 Å². The number of nitrogens with zero attached hydrogens (tertiary/aromatic N) is 1. The van der Waals surface area contributed by atoms with Gasteiger partial charge in [-0.3, -0.25) is 4.79 Å². The van der Waals surface area contributed by atoms with Crippen molar-refractivity contribution in [3.8, 4) is 0 Å². The smallest absolute Gasteiger partial charge is 0.224 e. The minimum absolute atomic E-state index is 0.0185. The van der Waals surface area contributed by atoms with Crippen LogP contribution in [0.4, 0.5) is 11.5 Å². The molecule has 21 heavy (non-hydrogen) atoms. The van der Waals surface area contributed by atoms with Crippen LogP contribution in [-0.4, -0.2) is 24.0 Å². The quantitative estimate of drug-likeness (QED) is 0.706. The summed E-state index contributed by atoms with van der Waals surface area (Å²) in [7, 11) is 0. The van der Waals surface area contributed by atoms with Gasteiger partial charge in [-0.2, -0.15) is 0 Å². The summed E-state index contributed by atoms with van der Waals surface area (Å²) in [5, 5.41) is 6.06. The third-order valence-corrected chi connectivity index (χ3v) is 3.05. The Hall–Kier alpha value is -2.56. The Balaban J connectivity index is 1.71. The molecule has 2 aromatic rings. The van der Waals surface area contributed by atoms with E-state index in [0.717, 1.165) is 16.9 Å². The van der Waals surface area contributed by atoms with Gasteiger partial charge in [0.15, 0.2) is 0 Å². The van der Waals surface area contributed by atoms with Gasteiger partial charge in [0.25, 0.3) is 0 Å². The number of pyridine rings is 1. The van der Waals surface area contributed by atoms with Crippen molar-refractivity contribution in [3.63, 3.8) is 0 Å². The maximum atomic E-state index is 11.8. The summed E-state index contributed by atoms with van der Waals surface area (Å²) >= 11 is 0. The zero-order valence-corrected chi connectivity index (χ0v) is 12.1. The first-order chi connectivity index (χ1) is 10.1. The highest BCUT2D eigenvalue weighted by Crippen LogP contribution is 2.13. The van der Waals surface area contributed by atoms with Gasteiger partial charge in [-0.05, 0) is 24.1 Å². The van der Waals surface area contributed by atoms with Gasteiger partial charge in [0.2, 0.25) is 5.91 Å². The number of amides is 1. The van der Waals surface area contributed by atoms with E-state index in [1.165, 1.54) is 0 Å². The molecule has 2 rings (SSSR count). The van der Waals surface area contributed by atoms with E-state index in [1.807, 2.05) is 43.3 Å². The van der Waals surface area contributed by atoms with E-state index >= 15 is 0 Å². The molecule has 0 unspecified atom stereocenters. The largest absolute Gasteiger partial charge is 0.397 e. The second-order valence-corrected chi connectivity index (χ2v) is 4.87. The fourth-order valence-corrected chi connectivity index (χ4v) is 2.01. The van der Waals surface area contributed by atoms with Gasteiger partial charge < -0.3 is 16.4 Å². The summed E-state index contributed by atoms with van der Waals surface area (Å²) in [5.74, 6) is 0.812. The molecule has 0 saturated carbocycles. The van der Waals surface area contributed by atoms with Crippen molar-refractivity contribution in [2.75, 3.05) is 24.1 Å². The van der Waals surface area contributed by atoms with Gasteiger partial charge in [0, 0.05) is 13.1 Å². The molecule has 0 radical (unpaired) electrons. The van der Waals surface area contributed by atoms with Crippen molar-refractivity contribution < 1.29 is 4.79 Å². The number of nitrogen functional groups attached to an aromatic ring is 1. The van der Waals surface area contributed by atoms with Crippen molar-refractivity contribution >= 4 is 17.4 Å². The molecule has 0 aliphatic carbocycles. The van der Waals surface area contributed by atoms with Crippen molar-refractivity contribution in [1.29, 1.82) is 0 Å². The highest BCUT2D eigenvalue weighted by molar-refractivity contribution is 5.78. The monoisotopic (exact) mass is 284 g/mol. The molecular weight excluding hydrogens is 264 g/mol. The second kappa shape index (κ2) is 7.28. The number of aryl methyl sites for hydroxylation is 1. The number of hydrogen-bond acceptors (Lipinski definition) is 4. The molecule has 5 heteroatoms. The van der Waals surface area contributed by atoms with Crippen LogP contribution in [-0.2, 0) is 11.2 Å². The lowest BCUT2D eigenvalue weighted by Gasteiger charge is -2.10. The van der Waals surface area contributed by atoms with Crippen molar-refractivity contribution in [2.45, 2.75) is 13.3 Å². The number of hydrogen-bond donors (Lipinski definition) is 3. The van der Waals surface area contributed by atoms with E-state index < -0.39 is 0 Å². The zero-order chi connectivity index (χ0) is 15.1. The van der Waals surface area contributed by atoms with E-state index in [0.29, 0.717) is 25.2 Å². The number of benzene rings is 1. The van der Waals surface area contributed by atoms with E-state index in [-0.39, 0.29) is 5.91 Å². The number of carbonyl (C=O) groups excluding carboxylic acids is 1. The predicted octanol–water partition coefficient (Wildman–Crippen LogP) is 1.74. The number of nitrogens with one attached hydrogen (secondary N) is 2. The Labute approximate surface area is 124 Å².